The summed E-state index contributed by atoms with van der Waals surface area (Å²) in [5.41, 5.74) is 1.52. The topological polar surface area (TPSA) is 49.6 Å². The van der Waals surface area contributed by atoms with E-state index in [2.05, 4.69) is 10.3 Å². The lowest BCUT2D eigenvalue weighted by Gasteiger charge is -2.14. The van der Waals surface area contributed by atoms with Crippen LogP contribution in [0.2, 0.25) is 4.34 Å². The van der Waals surface area contributed by atoms with Gasteiger partial charge in [-0.3, -0.25) is 9.20 Å². The molecule has 1 N–H and O–H groups in total. The first-order valence-corrected chi connectivity index (χ1v) is 9.98. The zero-order valence-electron chi connectivity index (χ0n) is 13.0. The number of imidazole rings is 1. The second-order valence-corrected chi connectivity index (χ2v) is 8.44. The molecule has 0 radical (unpaired) electrons. The summed E-state index contributed by atoms with van der Waals surface area (Å²) in [6, 6.07) is 3.92. The number of aromatic nitrogens is 2. The molecule has 3 aromatic rings. The minimum absolute atomic E-state index is 0.0550. The highest BCUT2D eigenvalue weighted by Crippen LogP contribution is 2.23. The molecular formula is C16H17ClN4OS2. The molecule has 1 amide bonds. The number of hydrogen-bond acceptors (Lipinski definition) is 5. The Kier molecular flexibility index (Phi) is 4.58. The number of nitrogens with one attached hydrogen (secondary N) is 1. The Balaban J connectivity index is 1.54. The van der Waals surface area contributed by atoms with Gasteiger partial charge in [0.2, 0.25) is 0 Å². The van der Waals surface area contributed by atoms with Crippen LogP contribution in [0.3, 0.4) is 0 Å². The highest BCUT2D eigenvalue weighted by atomic mass is 35.5. The minimum atomic E-state index is 0.0550. The number of fused-ring (bicyclic) bond motifs is 1. The number of thiazole rings is 1. The van der Waals surface area contributed by atoms with Crippen LogP contribution in [-0.4, -0.2) is 33.3 Å². The molecule has 0 bridgehead atoms. The molecule has 126 valence electrons. The maximum atomic E-state index is 12.8. The number of carbonyl (C=O) groups excluding carboxylic acids is 1. The molecule has 4 heterocycles. The van der Waals surface area contributed by atoms with E-state index in [9.17, 15) is 4.79 Å². The zero-order chi connectivity index (χ0) is 16.5. The summed E-state index contributed by atoms with van der Waals surface area (Å²) in [7, 11) is 0. The predicted molar refractivity (Wildman–Crippen MR) is 98.1 cm³/mol. The lowest BCUT2D eigenvalue weighted by molar-refractivity contribution is 0.0786. The summed E-state index contributed by atoms with van der Waals surface area (Å²) in [4.78, 5) is 21.3. The first-order valence-electron chi connectivity index (χ1n) is 7.91. The van der Waals surface area contributed by atoms with Gasteiger partial charge in [-0.2, -0.15) is 0 Å². The Morgan fingerprint density at radius 2 is 2.12 bits per heavy atom. The standard InChI is InChI=1S/C16H17ClN4OS2/c17-13-4-3-11(24-13)9-18-10-12-14(15(22)20-5-1-2-6-20)19-16-21(12)7-8-23-16/h3-4,7-8,18H,1-2,5-6,9-10H2. The van der Waals surface area contributed by atoms with Crippen molar-refractivity contribution in [2.24, 2.45) is 0 Å². The van der Waals surface area contributed by atoms with E-state index in [-0.39, 0.29) is 5.91 Å². The molecule has 0 aliphatic carbocycles. The summed E-state index contributed by atoms with van der Waals surface area (Å²) in [5.74, 6) is 0.0550. The monoisotopic (exact) mass is 380 g/mol. The maximum Gasteiger partial charge on any atom is 0.274 e. The van der Waals surface area contributed by atoms with Gasteiger partial charge in [0.1, 0.15) is 0 Å². The van der Waals surface area contributed by atoms with Gasteiger partial charge < -0.3 is 10.2 Å². The van der Waals surface area contributed by atoms with Gasteiger partial charge in [0.25, 0.3) is 5.91 Å². The predicted octanol–water partition coefficient (Wildman–Crippen LogP) is 3.64. The maximum absolute atomic E-state index is 12.8. The second-order valence-electron chi connectivity index (χ2n) is 5.77. The summed E-state index contributed by atoms with van der Waals surface area (Å²) in [6.07, 6.45) is 4.15. The van der Waals surface area contributed by atoms with E-state index in [0.29, 0.717) is 12.2 Å². The number of likely N-dealkylation sites (tertiary alicyclic amines) is 1. The van der Waals surface area contributed by atoms with Gasteiger partial charge in [-0.15, -0.1) is 22.7 Å². The van der Waals surface area contributed by atoms with Crippen molar-refractivity contribution in [2.45, 2.75) is 25.9 Å². The van der Waals surface area contributed by atoms with Crippen LogP contribution in [-0.2, 0) is 13.1 Å². The number of halogens is 1. The number of hydrogen-bond donors (Lipinski definition) is 1. The average molecular weight is 381 g/mol. The van der Waals surface area contributed by atoms with Gasteiger partial charge >= 0.3 is 0 Å². The van der Waals surface area contributed by atoms with Crippen LogP contribution in [0.15, 0.2) is 23.7 Å². The first kappa shape index (κ1) is 16.1. The number of nitrogens with zero attached hydrogens (tertiary/aromatic N) is 3. The van der Waals surface area contributed by atoms with Crippen LogP contribution in [0.5, 0.6) is 0 Å². The van der Waals surface area contributed by atoms with Crippen molar-refractivity contribution in [2.75, 3.05) is 13.1 Å². The molecule has 1 saturated heterocycles. The number of thiophene rings is 1. The highest BCUT2D eigenvalue weighted by Gasteiger charge is 2.26. The smallest absolute Gasteiger partial charge is 0.274 e. The van der Waals surface area contributed by atoms with Crippen molar-refractivity contribution in [1.82, 2.24) is 19.6 Å². The third-order valence-electron chi connectivity index (χ3n) is 4.18. The molecule has 0 atom stereocenters. The molecule has 24 heavy (non-hydrogen) atoms. The Bertz CT molecular complexity index is 863. The first-order chi connectivity index (χ1) is 11.7. The van der Waals surface area contributed by atoms with E-state index >= 15 is 0 Å². The summed E-state index contributed by atoms with van der Waals surface area (Å²) in [5, 5.41) is 5.41. The zero-order valence-corrected chi connectivity index (χ0v) is 15.4. The molecule has 1 aliphatic rings. The number of amides is 1. The molecule has 0 spiro atoms. The average Bonchev–Trinajstić information content (AvgIpc) is 3.32. The number of rotatable bonds is 5. The molecular weight excluding hydrogens is 364 g/mol. The largest absolute Gasteiger partial charge is 0.337 e. The van der Waals surface area contributed by atoms with Crippen molar-refractivity contribution in [3.05, 3.63) is 44.3 Å². The third-order valence-corrected chi connectivity index (χ3v) is 6.17. The Morgan fingerprint density at radius 3 is 2.88 bits per heavy atom. The van der Waals surface area contributed by atoms with E-state index in [1.54, 1.807) is 22.7 Å². The van der Waals surface area contributed by atoms with Crippen molar-refractivity contribution in [3.63, 3.8) is 0 Å². The van der Waals surface area contributed by atoms with Crippen molar-refractivity contribution in [1.29, 1.82) is 0 Å². The summed E-state index contributed by atoms with van der Waals surface area (Å²) >= 11 is 9.09. The van der Waals surface area contributed by atoms with E-state index in [1.165, 1.54) is 4.88 Å². The van der Waals surface area contributed by atoms with E-state index in [4.69, 9.17) is 11.6 Å². The fourth-order valence-electron chi connectivity index (χ4n) is 2.99. The van der Waals surface area contributed by atoms with E-state index < -0.39 is 0 Å². The van der Waals surface area contributed by atoms with Gasteiger partial charge in [-0.25, -0.2) is 4.98 Å². The molecule has 0 aromatic carbocycles. The lowest BCUT2D eigenvalue weighted by Crippen LogP contribution is -2.29. The van der Waals surface area contributed by atoms with Crippen LogP contribution in [0.1, 0.15) is 33.9 Å². The van der Waals surface area contributed by atoms with Gasteiger partial charge in [0.15, 0.2) is 10.7 Å². The van der Waals surface area contributed by atoms with Crippen LogP contribution in [0, 0.1) is 0 Å². The molecule has 1 aliphatic heterocycles. The Morgan fingerprint density at radius 1 is 1.29 bits per heavy atom. The van der Waals surface area contributed by atoms with Crippen LogP contribution >= 0.6 is 34.3 Å². The van der Waals surface area contributed by atoms with Crippen LogP contribution < -0.4 is 5.32 Å². The SMILES string of the molecule is O=C(c1nc2sccn2c1CNCc1ccc(Cl)s1)N1CCCC1. The lowest BCUT2D eigenvalue weighted by atomic mass is 10.2. The molecule has 0 unspecified atom stereocenters. The molecule has 4 rings (SSSR count). The molecule has 5 nitrogen and oxygen atoms in total. The van der Waals surface area contributed by atoms with Crippen molar-refractivity contribution in [3.8, 4) is 0 Å². The van der Waals surface area contributed by atoms with Crippen LogP contribution in [0.25, 0.3) is 4.96 Å². The molecule has 3 aromatic heterocycles. The van der Waals surface area contributed by atoms with E-state index in [0.717, 1.165) is 47.5 Å². The fraction of sp³-hybridized carbons (Fsp3) is 0.375. The highest BCUT2D eigenvalue weighted by molar-refractivity contribution is 7.16. The molecule has 8 heteroatoms. The van der Waals surface area contributed by atoms with Crippen LogP contribution in [0.4, 0.5) is 0 Å². The van der Waals surface area contributed by atoms with Gasteiger partial charge in [-0.05, 0) is 25.0 Å². The second kappa shape index (κ2) is 6.84. The molecule has 1 fully saturated rings. The van der Waals surface area contributed by atoms with Crippen molar-refractivity contribution >= 4 is 45.1 Å². The Labute approximate surface area is 152 Å². The van der Waals surface area contributed by atoms with Gasteiger partial charge in [0, 0.05) is 42.6 Å². The third kappa shape index (κ3) is 3.09. The molecule has 0 saturated carbocycles. The van der Waals surface area contributed by atoms with E-state index in [1.807, 2.05) is 33.0 Å². The van der Waals surface area contributed by atoms with Gasteiger partial charge in [0.05, 0.1) is 10.0 Å². The fourth-order valence-corrected chi connectivity index (χ4v) is 4.78. The van der Waals surface area contributed by atoms with Gasteiger partial charge in [-0.1, -0.05) is 11.6 Å². The summed E-state index contributed by atoms with van der Waals surface area (Å²) in [6.45, 7) is 3.00. The summed E-state index contributed by atoms with van der Waals surface area (Å²) < 4.78 is 2.81. The minimum Gasteiger partial charge on any atom is -0.337 e. The number of carbonyl (C=O) groups is 1. The normalized spacial score (nSPS) is 14.8. The Hall–Kier alpha value is -1.41. The van der Waals surface area contributed by atoms with Crippen molar-refractivity contribution < 1.29 is 4.79 Å². The quantitative estimate of drug-likeness (QED) is 0.735.